The van der Waals surface area contributed by atoms with E-state index in [1.807, 2.05) is 42.5 Å². The summed E-state index contributed by atoms with van der Waals surface area (Å²) in [6.45, 7) is 0.0357. The van der Waals surface area contributed by atoms with Gasteiger partial charge in [0, 0.05) is 0 Å². The van der Waals surface area contributed by atoms with Crippen LogP contribution < -0.4 is 10.2 Å². The summed E-state index contributed by atoms with van der Waals surface area (Å²) < 4.78 is 6.88. The lowest BCUT2D eigenvalue weighted by molar-refractivity contribution is -0.127. The zero-order valence-corrected chi connectivity index (χ0v) is 19.9. The summed E-state index contributed by atoms with van der Waals surface area (Å²) in [5.41, 5.74) is 2.43. The molecule has 36 heavy (non-hydrogen) atoms. The Labute approximate surface area is 212 Å². The third-order valence-electron chi connectivity index (χ3n) is 5.72. The Hall–Kier alpha value is -4.43. The minimum absolute atomic E-state index is 0.138. The number of hydrogen-bond donors (Lipinski definition) is 1. The van der Waals surface area contributed by atoms with Crippen LogP contribution in [-0.4, -0.2) is 26.8 Å². The Kier molecular flexibility index (Phi) is 6.77. The highest BCUT2D eigenvalue weighted by Crippen LogP contribution is 2.33. The molecule has 0 aliphatic carbocycles. The molecule has 3 aromatic carbocycles. The minimum Gasteiger partial charge on any atom is -0.467 e. The average Bonchev–Trinajstić information content (AvgIpc) is 3.57. The van der Waals surface area contributed by atoms with Crippen LogP contribution in [0, 0.1) is 0 Å². The normalized spacial score (nSPS) is 11.8. The average molecular weight is 500 g/mol. The Morgan fingerprint density at radius 2 is 1.69 bits per heavy atom. The molecule has 0 saturated carbocycles. The van der Waals surface area contributed by atoms with Crippen molar-refractivity contribution in [2.75, 3.05) is 4.90 Å². The van der Waals surface area contributed by atoms with E-state index in [-0.39, 0.29) is 24.9 Å². The van der Waals surface area contributed by atoms with E-state index < -0.39 is 6.04 Å². The molecule has 1 N–H and O–H groups in total. The molecule has 1 atom stereocenters. The van der Waals surface area contributed by atoms with Crippen LogP contribution in [0.25, 0.3) is 11.0 Å². The van der Waals surface area contributed by atoms with Crippen molar-refractivity contribution in [1.29, 1.82) is 0 Å². The smallest absolute Gasteiger partial charge is 0.249 e. The van der Waals surface area contributed by atoms with E-state index >= 15 is 0 Å². The van der Waals surface area contributed by atoms with Crippen molar-refractivity contribution in [2.24, 2.45) is 0 Å². The van der Waals surface area contributed by atoms with Gasteiger partial charge >= 0.3 is 0 Å². The summed E-state index contributed by atoms with van der Waals surface area (Å²) in [5, 5.41) is 11.5. The molecule has 2 heterocycles. The predicted octanol–water partition coefficient (Wildman–Crippen LogP) is 4.77. The second kappa shape index (κ2) is 10.5. The minimum atomic E-state index is -0.997. The van der Waals surface area contributed by atoms with E-state index in [1.54, 1.807) is 48.5 Å². The van der Waals surface area contributed by atoms with Gasteiger partial charge in [-0.25, -0.2) is 4.68 Å². The summed E-state index contributed by atoms with van der Waals surface area (Å²) in [6, 6.07) is 25.9. The van der Waals surface area contributed by atoms with Crippen molar-refractivity contribution in [1.82, 2.24) is 20.3 Å². The van der Waals surface area contributed by atoms with Gasteiger partial charge in [0.1, 0.15) is 23.9 Å². The van der Waals surface area contributed by atoms with E-state index in [0.29, 0.717) is 33.1 Å². The van der Waals surface area contributed by atoms with Crippen LogP contribution in [0.3, 0.4) is 0 Å². The first-order chi connectivity index (χ1) is 17.6. The summed E-state index contributed by atoms with van der Waals surface area (Å²) in [5.74, 6) is -0.157. The molecule has 5 rings (SSSR count). The lowest BCUT2D eigenvalue weighted by Crippen LogP contribution is -2.45. The highest BCUT2D eigenvalue weighted by atomic mass is 35.5. The molecule has 2 amide bonds. The van der Waals surface area contributed by atoms with Crippen LogP contribution in [0.4, 0.5) is 5.69 Å². The van der Waals surface area contributed by atoms with Gasteiger partial charge in [-0.15, -0.1) is 5.10 Å². The van der Waals surface area contributed by atoms with Crippen LogP contribution in [0.2, 0.25) is 5.02 Å². The zero-order chi connectivity index (χ0) is 24.9. The van der Waals surface area contributed by atoms with Crippen LogP contribution in [0.15, 0.2) is 102 Å². The monoisotopic (exact) mass is 499 g/mol. The largest absolute Gasteiger partial charge is 0.467 e. The van der Waals surface area contributed by atoms with Gasteiger partial charge in [-0.2, -0.15) is 0 Å². The number of nitrogens with zero attached hydrogens (tertiary/aromatic N) is 4. The SMILES string of the molecule is O=C(NCc1ccco1)[C@@H](c1ccccc1)N(C(=O)Cn1nnc2ccccc21)c1ccccc1Cl. The van der Waals surface area contributed by atoms with Crippen LogP contribution in [0.1, 0.15) is 17.4 Å². The molecule has 180 valence electrons. The number of carbonyl (C=O) groups is 2. The molecule has 0 radical (unpaired) electrons. The maximum atomic E-state index is 13.9. The lowest BCUT2D eigenvalue weighted by atomic mass is 10.0. The number of anilines is 1. The van der Waals surface area contributed by atoms with Gasteiger partial charge in [0.15, 0.2) is 0 Å². The summed E-state index contributed by atoms with van der Waals surface area (Å²) in [6.07, 6.45) is 1.54. The number of amides is 2. The number of rotatable bonds is 8. The summed E-state index contributed by atoms with van der Waals surface area (Å²) in [4.78, 5) is 29.0. The number of carbonyl (C=O) groups excluding carboxylic acids is 2. The van der Waals surface area contributed by atoms with E-state index in [0.717, 1.165) is 0 Å². The Balaban J connectivity index is 1.55. The maximum absolute atomic E-state index is 13.9. The first-order valence-corrected chi connectivity index (χ1v) is 11.7. The van der Waals surface area contributed by atoms with Crippen LogP contribution in [-0.2, 0) is 22.7 Å². The fourth-order valence-corrected chi connectivity index (χ4v) is 4.27. The maximum Gasteiger partial charge on any atom is 0.249 e. The van der Waals surface area contributed by atoms with E-state index in [1.165, 1.54) is 15.8 Å². The molecule has 0 bridgehead atoms. The van der Waals surface area contributed by atoms with Gasteiger partial charge in [-0.05, 0) is 42.0 Å². The molecular weight excluding hydrogens is 478 g/mol. The third kappa shape index (κ3) is 4.85. The Bertz CT molecular complexity index is 1480. The van der Waals surface area contributed by atoms with Crippen molar-refractivity contribution in [2.45, 2.75) is 19.1 Å². The lowest BCUT2D eigenvalue weighted by Gasteiger charge is -2.32. The van der Waals surface area contributed by atoms with Crippen molar-refractivity contribution in [3.8, 4) is 0 Å². The molecule has 0 unspecified atom stereocenters. The predicted molar refractivity (Wildman–Crippen MR) is 136 cm³/mol. The molecule has 9 heteroatoms. The number of halogens is 1. The standard InChI is InChI=1S/C27H22ClN5O3/c28-21-12-4-6-14-23(21)33(25(34)18-32-24-15-7-5-13-22(24)30-31-32)26(19-9-2-1-3-10-19)27(35)29-17-20-11-8-16-36-20/h1-16,26H,17-18H2,(H,29,35)/t26-/m1/s1. The number of para-hydroxylation sites is 2. The quantitative estimate of drug-likeness (QED) is 0.332. The van der Waals surface area contributed by atoms with Gasteiger partial charge in [0.2, 0.25) is 11.8 Å². The first-order valence-electron chi connectivity index (χ1n) is 11.3. The molecule has 2 aromatic heterocycles. The van der Waals surface area contributed by atoms with Crippen molar-refractivity contribution in [3.63, 3.8) is 0 Å². The number of aromatic nitrogens is 3. The number of furan rings is 1. The number of nitrogens with one attached hydrogen (secondary N) is 1. The molecule has 0 spiro atoms. The van der Waals surface area contributed by atoms with Gasteiger partial charge in [0.05, 0.1) is 29.0 Å². The molecule has 8 nitrogen and oxygen atoms in total. The molecule has 0 aliphatic rings. The van der Waals surface area contributed by atoms with Crippen LogP contribution >= 0.6 is 11.6 Å². The van der Waals surface area contributed by atoms with Crippen molar-refractivity contribution in [3.05, 3.63) is 114 Å². The van der Waals surface area contributed by atoms with Crippen LogP contribution in [0.5, 0.6) is 0 Å². The molecule has 0 fully saturated rings. The van der Waals surface area contributed by atoms with Crippen molar-refractivity contribution < 1.29 is 14.0 Å². The second-order valence-electron chi connectivity index (χ2n) is 8.06. The van der Waals surface area contributed by atoms with Gasteiger partial charge in [-0.1, -0.05) is 71.4 Å². The van der Waals surface area contributed by atoms with E-state index in [2.05, 4.69) is 15.6 Å². The fourth-order valence-electron chi connectivity index (χ4n) is 4.04. The number of benzene rings is 3. The fraction of sp³-hybridized carbons (Fsp3) is 0.111. The second-order valence-corrected chi connectivity index (χ2v) is 8.47. The highest BCUT2D eigenvalue weighted by Gasteiger charge is 2.34. The topological polar surface area (TPSA) is 93.3 Å². The summed E-state index contributed by atoms with van der Waals surface area (Å²) in [7, 11) is 0. The molecule has 0 saturated heterocycles. The van der Waals surface area contributed by atoms with Gasteiger partial charge in [-0.3, -0.25) is 14.5 Å². The van der Waals surface area contributed by atoms with E-state index in [4.69, 9.17) is 16.0 Å². The van der Waals surface area contributed by atoms with Crippen molar-refractivity contribution >= 4 is 40.1 Å². The molecule has 5 aromatic rings. The van der Waals surface area contributed by atoms with Gasteiger partial charge in [0.25, 0.3) is 0 Å². The molecule has 0 aliphatic heterocycles. The van der Waals surface area contributed by atoms with Gasteiger partial charge < -0.3 is 9.73 Å². The first kappa shape index (κ1) is 23.3. The highest BCUT2D eigenvalue weighted by molar-refractivity contribution is 6.34. The Morgan fingerprint density at radius 1 is 0.944 bits per heavy atom. The third-order valence-corrected chi connectivity index (χ3v) is 6.04. The number of hydrogen-bond acceptors (Lipinski definition) is 5. The summed E-state index contributed by atoms with van der Waals surface area (Å²) >= 11 is 6.56. The number of fused-ring (bicyclic) bond motifs is 1. The zero-order valence-electron chi connectivity index (χ0n) is 19.1. The Morgan fingerprint density at radius 3 is 2.47 bits per heavy atom. The van der Waals surface area contributed by atoms with E-state index in [9.17, 15) is 9.59 Å². The molecular formula is C27H22ClN5O3.